The molecule has 2 aliphatic rings. The standard InChI is InChI=1S/C23H23N5O2/c1-13-24-20-11-21(29)16(10-22(20)30-13)17-4-5-19-18(26-17)6-7-23(27-19)28-9-8-15(12-28)25-14-2-3-14/h4-7,10-11,14-15,25,29H,2-3,8-9,12H2,1H3/t15-/m0/s1. The molecular weight excluding hydrogens is 378 g/mol. The molecule has 0 spiro atoms. The van der Waals surface area contributed by atoms with Gasteiger partial charge >= 0.3 is 0 Å². The Morgan fingerprint density at radius 1 is 0.967 bits per heavy atom. The number of fused-ring (bicyclic) bond motifs is 2. The number of phenols is 1. The number of nitrogens with one attached hydrogen (secondary N) is 1. The molecule has 1 saturated carbocycles. The Morgan fingerprint density at radius 2 is 1.80 bits per heavy atom. The highest BCUT2D eigenvalue weighted by atomic mass is 16.3. The van der Waals surface area contributed by atoms with E-state index in [0.29, 0.717) is 34.3 Å². The number of aromatic hydroxyl groups is 1. The summed E-state index contributed by atoms with van der Waals surface area (Å²) >= 11 is 0. The molecule has 1 aliphatic heterocycles. The smallest absolute Gasteiger partial charge is 0.192 e. The van der Waals surface area contributed by atoms with Gasteiger partial charge in [0.05, 0.1) is 16.7 Å². The van der Waals surface area contributed by atoms with Crippen LogP contribution >= 0.6 is 0 Å². The van der Waals surface area contributed by atoms with E-state index in [9.17, 15) is 5.11 Å². The van der Waals surface area contributed by atoms with Crippen LogP contribution in [0.3, 0.4) is 0 Å². The summed E-state index contributed by atoms with van der Waals surface area (Å²) in [6.45, 7) is 3.82. The van der Waals surface area contributed by atoms with Gasteiger partial charge in [0.15, 0.2) is 11.5 Å². The Labute approximate surface area is 173 Å². The van der Waals surface area contributed by atoms with Crippen molar-refractivity contribution in [3.63, 3.8) is 0 Å². The summed E-state index contributed by atoms with van der Waals surface area (Å²) in [5, 5.41) is 14.2. The van der Waals surface area contributed by atoms with E-state index in [1.54, 1.807) is 19.1 Å². The molecule has 4 aromatic rings. The highest BCUT2D eigenvalue weighted by molar-refractivity contribution is 5.86. The molecule has 4 heterocycles. The molecule has 7 nitrogen and oxygen atoms in total. The average Bonchev–Trinajstić information content (AvgIpc) is 3.30. The molecule has 0 unspecified atom stereocenters. The van der Waals surface area contributed by atoms with E-state index in [2.05, 4.69) is 15.2 Å². The van der Waals surface area contributed by atoms with Crippen molar-refractivity contribution in [2.45, 2.75) is 38.3 Å². The fourth-order valence-corrected chi connectivity index (χ4v) is 4.30. The molecule has 1 aliphatic carbocycles. The molecule has 1 saturated heterocycles. The molecule has 1 aromatic carbocycles. The highest BCUT2D eigenvalue weighted by Crippen LogP contribution is 2.33. The maximum absolute atomic E-state index is 10.5. The van der Waals surface area contributed by atoms with Gasteiger partial charge in [0.25, 0.3) is 0 Å². The van der Waals surface area contributed by atoms with Crippen molar-refractivity contribution in [2.75, 3.05) is 18.0 Å². The van der Waals surface area contributed by atoms with Crippen LogP contribution in [-0.2, 0) is 0 Å². The molecule has 1 atom stereocenters. The van der Waals surface area contributed by atoms with Crippen LogP contribution in [0.15, 0.2) is 40.8 Å². The van der Waals surface area contributed by atoms with E-state index in [0.717, 1.165) is 42.4 Å². The van der Waals surface area contributed by atoms with Gasteiger partial charge in [-0.3, -0.25) is 0 Å². The van der Waals surface area contributed by atoms with Crippen LogP contribution in [0.25, 0.3) is 33.4 Å². The number of rotatable bonds is 4. The Balaban J connectivity index is 1.30. The predicted octanol–water partition coefficient (Wildman–Crippen LogP) is 3.78. The molecule has 152 valence electrons. The van der Waals surface area contributed by atoms with Crippen LogP contribution in [0.2, 0.25) is 0 Å². The molecule has 30 heavy (non-hydrogen) atoms. The van der Waals surface area contributed by atoms with Crippen LogP contribution < -0.4 is 10.2 Å². The molecule has 0 radical (unpaired) electrons. The highest BCUT2D eigenvalue weighted by Gasteiger charge is 2.29. The van der Waals surface area contributed by atoms with Crippen LogP contribution in [0, 0.1) is 6.92 Å². The number of hydrogen-bond acceptors (Lipinski definition) is 7. The first kappa shape index (κ1) is 17.7. The third kappa shape index (κ3) is 3.15. The van der Waals surface area contributed by atoms with Crippen molar-refractivity contribution in [1.82, 2.24) is 20.3 Å². The van der Waals surface area contributed by atoms with Gasteiger partial charge in [0.2, 0.25) is 0 Å². The monoisotopic (exact) mass is 401 g/mol. The topological polar surface area (TPSA) is 87.3 Å². The fraction of sp³-hybridized carbons (Fsp3) is 0.348. The molecule has 2 N–H and O–H groups in total. The Bertz CT molecular complexity index is 1260. The van der Waals surface area contributed by atoms with E-state index in [1.165, 1.54) is 12.8 Å². The minimum Gasteiger partial charge on any atom is -0.507 e. The number of benzene rings is 1. The van der Waals surface area contributed by atoms with Crippen molar-refractivity contribution in [2.24, 2.45) is 0 Å². The molecule has 0 bridgehead atoms. The van der Waals surface area contributed by atoms with E-state index < -0.39 is 0 Å². The summed E-state index contributed by atoms with van der Waals surface area (Å²) in [5.41, 5.74) is 4.24. The maximum Gasteiger partial charge on any atom is 0.192 e. The van der Waals surface area contributed by atoms with E-state index in [4.69, 9.17) is 14.4 Å². The van der Waals surface area contributed by atoms with E-state index in [-0.39, 0.29) is 5.75 Å². The number of aromatic nitrogens is 3. The van der Waals surface area contributed by atoms with Crippen LogP contribution in [0.4, 0.5) is 5.82 Å². The van der Waals surface area contributed by atoms with Gasteiger partial charge in [0.1, 0.15) is 17.1 Å². The molecule has 3 aromatic heterocycles. The molecule has 0 amide bonds. The van der Waals surface area contributed by atoms with Gasteiger partial charge in [-0.05, 0) is 49.6 Å². The number of pyridine rings is 2. The van der Waals surface area contributed by atoms with Crippen LogP contribution in [-0.4, -0.2) is 45.2 Å². The number of hydrogen-bond donors (Lipinski definition) is 2. The van der Waals surface area contributed by atoms with Gasteiger partial charge in [-0.25, -0.2) is 15.0 Å². The Morgan fingerprint density at radius 3 is 2.67 bits per heavy atom. The number of phenolic OH excluding ortho intramolecular Hbond substituents is 1. The first-order valence-electron chi connectivity index (χ1n) is 10.5. The van der Waals surface area contributed by atoms with Crippen LogP contribution in [0.1, 0.15) is 25.2 Å². The predicted molar refractivity (Wildman–Crippen MR) is 116 cm³/mol. The summed E-state index contributed by atoms with van der Waals surface area (Å²) < 4.78 is 5.61. The number of aryl methyl sites for hydroxylation is 1. The minimum atomic E-state index is 0.138. The number of nitrogens with zero attached hydrogens (tertiary/aromatic N) is 4. The van der Waals surface area contributed by atoms with Gasteiger partial charge in [0, 0.05) is 43.7 Å². The maximum atomic E-state index is 10.5. The molecular formula is C23H23N5O2. The Hall–Kier alpha value is -3.19. The summed E-state index contributed by atoms with van der Waals surface area (Å²) in [4.78, 5) is 16.2. The third-order valence-electron chi connectivity index (χ3n) is 5.98. The zero-order valence-corrected chi connectivity index (χ0v) is 16.8. The van der Waals surface area contributed by atoms with Gasteiger partial charge in [-0.15, -0.1) is 0 Å². The fourth-order valence-electron chi connectivity index (χ4n) is 4.30. The second kappa shape index (κ2) is 6.67. The minimum absolute atomic E-state index is 0.138. The van der Waals surface area contributed by atoms with Crippen molar-refractivity contribution >= 4 is 28.0 Å². The van der Waals surface area contributed by atoms with Crippen molar-refractivity contribution in [1.29, 1.82) is 0 Å². The normalized spacial score (nSPS) is 19.2. The zero-order valence-electron chi connectivity index (χ0n) is 16.8. The summed E-state index contributed by atoms with van der Waals surface area (Å²) in [5.74, 6) is 1.71. The second-order valence-corrected chi connectivity index (χ2v) is 8.35. The first-order chi connectivity index (χ1) is 14.6. The lowest BCUT2D eigenvalue weighted by Gasteiger charge is -2.18. The van der Waals surface area contributed by atoms with Gasteiger partial charge < -0.3 is 19.7 Å². The quantitative estimate of drug-likeness (QED) is 0.538. The average molecular weight is 401 g/mol. The Kier molecular flexibility index (Phi) is 3.92. The lowest BCUT2D eigenvalue weighted by molar-refractivity contribution is 0.477. The number of anilines is 1. The van der Waals surface area contributed by atoms with Gasteiger partial charge in [-0.2, -0.15) is 0 Å². The largest absolute Gasteiger partial charge is 0.507 e. The SMILES string of the molecule is Cc1nc2cc(O)c(-c3ccc4nc(N5CC[C@H](NC6CC6)C5)ccc4n3)cc2o1. The van der Waals surface area contributed by atoms with Crippen molar-refractivity contribution < 1.29 is 9.52 Å². The zero-order chi connectivity index (χ0) is 20.2. The van der Waals surface area contributed by atoms with E-state index >= 15 is 0 Å². The van der Waals surface area contributed by atoms with E-state index in [1.807, 2.05) is 24.3 Å². The van der Waals surface area contributed by atoms with Gasteiger partial charge in [-0.1, -0.05) is 0 Å². The molecule has 6 rings (SSSR count). The lowest BCUT2D eigenvalue weighted by Crippen LogP contribution is -2.34. The summed E-state index contributed by atoms with van der Waals surface area (Å²) in [6, 6.07) is 12.6. The summed E-state index contributed by atoms with van der Waals surface area (Å²) in [6.07, 6.45) is 3.80. The van der Waals surface area contributed by atoms with Crippen LogP contribution in [0.5, 0.6) is 5.75 Å². The second-order valence-electron chi connectivity index (χ2n) is 8.35. The van der Waals surface area contributed by atoms with Crippen molar-refractivity contribution in [3.8, 4) is 17.0 Å². The number of oxazole rings is 1. The third-order valence-corrected chi connectivity index (χ3v) is 5.98. The molecule has 2 fully saturated rings. The lowest BCUT2D eigenvalue weighted by atomic mass is 10.1. The molecule has 7 heteroatoms. The first-order valence-corrected chi connectivity index (χ1v) is 10.5. The van der Waals surface area contributed by atoms with Crippen molar-refractivity contribution in [3.05, 3.63) is 42.3 Å². The summed E-state index contributed by atoms with van der Waals surface area (Å²) in [7, 11) is 0.